The van der Waals surface area contributed by atoms with Gasteiger partial charge in [-0.1, -0.05) is 30.3 Å². The van der Waals surface area contributed by atoms with Crippen LogP contribution in [0.1, 0.15) is 35.3 Å². The molecule has 3 rings (SSSR count). The molecule has 37 heavy (non-hydrogen) atoms. The highest BCUT2D eigenvalue weighted by Crippen LogP contribution is 2.36. The van der Waals surface area contributed by atoms with Crippen LogP contribution in [0.5, 0.6) is 23.0 Å². The van der Waals surface area contributed by atoms with Gasteiger partial charge in [-0.2, -0.15) is 5.10 Å². The second-order valence-electron chi connectivity index (χ2n) is 7.59. The second-order valence-corrected chi connectivity index (χ2v) is 8.44. The predicted octanol–water partition coefficient (Wildman–Crippen LogP) is 4.45. The highest BCUT2D eigenvalue weighted by molar-refractivity contribution is 9.10. The summed E-state index contributed by atoms with van der Waals surface area (Å²) in [6.45, 7) is 4.56. The molecule has 3 aromatic carbocycles. The van der Waals surface area contributed by atoms with E-state index >= 15 is 0 Å². The van der Waals surface area contributed by atoms with Gasteiger partial charge in [0.15, 0.2) is 29.6 Å². The lowest BCUT2D eigenvalue weighted by atomic mass is 10.2. The van der Waals surface area contributed by atoms with Crippen molar-refractivity contribution in [3.63, 3.8) is 0 Å². The number of primary amides is 1. The number of hydrazone groups is 1. The third-order valence-electron chi connectivity index (χ3n) is 4.81. The molecule has 0 saturated heterocycles. The molecule has 194 valence electrons. The number of hydrogen-bond donors (Lipinski definition) is 2. The number of hydrogen-bond acceptors (Lipinski definition) is 7. The number of halogens is 1. The highest BCUT2D eigenvalue weighted by atomic mass is 79.9. The Kier molecular flexibility index (Phi) is 10.3. The van der Waals surface area contributed by atoms with Crippen LogP contribution < -0.4 is 30.1 Å². The first-order valence-electron chi connectivity index (χ1n) is 11.6. The Hall–Kier alpha value is -4.05. The van der Waals surface area contributed by atoms with E-state index < -0.39 is 11.8 Å². The van der Waals surface area contributed by atoms with Gasteiger partial charge in [-0.15, -0.1) is 0 Å². The lowest BCUT2D eigenvalue weighted by Gasteiger charge is -2.14. The molecule has 0 heterocycles. The van der Waals surface area contributed by atoms with E-state index in [0.29, 0.717) is 58.4 Å². The summed E-state index contributed by atoms with van der Waals surface area (Å²) >= 11 is 3.40. The normalized spacial score (nSPS) is 10.7. The van der Waals surface area contributed by atoms with Gasteiger partial charge in [-0.3, -0.25) is 9.59 Å². The summed E-state index contributed by atoms with van der Waals surface area (Å²) in [6.07, 6.45) is 1.46. The van der Waals surface area contributed by atoms with Gasteiger partial charge in [0, 0.05) is 5.56 Å². The van der Waals surface area contributed by atoms with Gasteiger partial charge in [0.1, 0.15) is 6.61 Å². The Bertz CT molecular complexity index is 1250. The van der Waals surface area contributed by atoms with Gasteiger partial charge in [-0.05, 0) is 71.2 Å². The highest BCUT2D eigenvalue weighted by Gasteiger charge is 2.14. The third kappa shape index (κ3) is 8.25. The summed E-state index contributed by atoms with van der Waals surface area (Å²) in [5.74, 6) is 0.728. The lowest BCUT2D eigenvalue weighted by Crippen LogP contribution is -2.20. The maximum Gasteiger partial charge on any atom is 0.271 e. The summed E-state index contributed by atoms with van der Waals surface area (Å²) in [5.41, 5.74) is 9.68. The number of nitrogens with two attached hydrogens (primary N) is 1. The molecule has 0 radical (unpaired) electrons. The van der Waals surface area contributed by atoms with Crippen molar-refractivity contribution < 1.29 is 28.5 Å². The van der Waals surface area contributed by atoms with Crippen molar-refractivity contribution in [2.45, 2.75) is 20.5 Å². The topological polar surface area (TPSA) is 121 Å². The number of benzene rings is 3. The molecule has 0 saturated carbocycles. The molecule has 0 atom stereocenters. The maximum absolute atomic E-state index is 12.7. The molecule has 2 amide bonds. The molecule has 0 aliphatic heterocycles. The average Bonchev–Trinajstić information content (AvgIpc) is 2.88. The summed E-state index contributed by atoms with van der Waals surface area (Å²) in [6, 6.07) is 18.1. The quantitative estimate of drug-likeness (QED) is 0.231. The number of amides is 2. The molecule has 0 aliphatic carbocycles. The number of carbonyl (C=O) groups is 2. The molecule has 0 aliphatic rings. The van der Waals surface area contributed by atoms with Crippen LogP contribution in [0.15, 0.2) is 70.2 Å². The molecule has 0 spiro atoms. The van der Waals surface area contributed by atoms with Gasteiger partial charge in [0.05, 0.1) is 23.9 Å². The van der Waals surface area contributed by atoms with Gasteiger partial charge < -0.3 is 24.7 Å². The monoisotopic (exact) mass is 569 g/mol. The molecule has 0 unspecified atom stereocenters. The minimum absolute atomic E-state index is 0.290. The van der Waals surface area contributed by atoms with Crippen LogP contribution >= 0.6 is 15.9 Å². The largest absolute Gasteiger partial charge is 0.490 e. The van der Waals surface area contributed by atoms with Crippen molar-refractivity contribution in [2.75, 3.05) is 19.8 Å². The Labute approximate surface area is 223 Å². The molecule has 10 heteroatoms. The standard InChI is InChI=1S/C27H28BrN3O6/c1-3-34-23-14-20(10-11-22(23)36-16-18-8-6-5-7-9-18)27(33)31-30-15-19-12-21(28)26(37-17-25(29)32)24(13-19)35-4-2/h5-15H,3-4,16-17H2,1-2H3,(H2,29,32)(H,31,33)/b30-15+. The molecule has 9 nitrogen and oxygen atoms in total. The molecule has 3 aromatic rings. The number of ether oxygens (including phenoxy) is 4. The fourth-order valence-electron chi connectivity index (χ4n) is 3.21. The Morgan fingerprint density at radius 3 is 2.35 bits per heavy atom. The Morgan fingerprint density at radius 1 is 0.919 bits per heavy atom. The minimum atomic E-state index is -0.606. The molecular formula is C27H28BrN3O6. The molecule has 0 aromatic heterocycles. The summed E-state index contributed by atoms with van der Waals surface area (Å²) in [5, 5.41) is 4.05. The van der Waals surface area contributed by atoms with Gasteiger partial charge >= 0.3 is 0 Å². The first-order valence-corrected chi connectivity index (χ1v) is 12.3. The fraction of sp³-hybridized carbons (Fsp3) is 0.222. The van der Waals surface area contributed by atoms with Gasteiger partial charge in [0.2, 0.25) is 0 Å². The van der Waals surface area contributed by atoms with E-state index in [0.717, 1.165) is 5.56 Å². The first-order chi connectivity index (χ1) is 17.9. The van der Waals surface area contributed by atoms with Crippen LogP contribution in [0.2, 0.25) is 0 Å². The van der Waals surface area contributed by atoms with Crippen LogP contribution in [-0.2, 0) is 11.4 Å². The number of carbonyl (C=O) groups excluding carboxylic acids is 2. The Balaban J connectivity index is 1.69. The SMILES string of the molecule is CCOc1cc(C(=O)N/N=C/c2cc(Br)c(OCC(N)=O)c(OCC)c2)ccc1OCc1ccccc1. The van der Waals surface area contributed by atoms with E-state index in [9.17, 15) is 9.59 Å². The van der Waals surface area contributed by atoms with Crippen LogP contribution in [0.3, 0.4) is 0 Å². The van der Waals surface area contributed by atoms with Crippen molar-refractivity contribution in [1.82, 2.24) is 5.43 Å². The van der Waals surface area contributed by atoms with E-state index in [2.05, 4.69) is 26.5 Å². The second kappa shape index (κ2) is 13.9. The van der Waals surface area contributed by atoms with E-state index in [1.54, 1.807) is 30.3 Å². The zero-order valence-corrected chi connectivity index (χ0v) is 22.1. The van der Waals surface area contributed by atoms with E-state index in [-0.39, 0.29) is 6.61 Å². The Morgan fingerprint density at radius 2 is 1.65 bits per heavy atom. The summed E-state index contributed by atoms with van der Waals surface area (Å²) in [4.78, 5) is 23.8. The molecule has 0 fully saturated rings. The van der Waals surface area contributed by atoms with Gasteiger partial charge in [-0.25, -0.2) is 5.43 Å². The maximum atomic E-state index is 12.7. The molecule has 3 N–H and O–H groups in total. The van der Waals surface area contributed by atoms with E-state index in [4.69, 9.17) is 24.7 Å². The third-order valence-corrected chi connectivity index (χ3v) is 5.40. The smallest absolute Gasteiger partial charge is 0.271 e. The summed E-state index contributed by atoms with van der Waals surface area (Å²) < 4.78 is 23.2. The van der Waals surface area contributed by atoms with Crippen molar-refractivity contribution in [1.29, 1.82) is 0 Å². The zero-order chi connectivity index (χ0) is 26.6. The van der Waals surface area contributed by atoms with Crippen LogP contribution in [0.25, 0.3) is 0 Å². The van der Waals surface area contributed by atoms with E-state index in [1.165, 1.54) is 6.21 Å². The van der Waals surface area contributed by atoms with Crippen molar-refractivity contribution in [2.24, 2.45) is 10.8 Å². The number of rotatable bonds is 13. The number of nitrogens with one attached hydrogen (secondary N) is 1. The molecule has 0 bridgehead atoms. The summed E-state index contributed by atoms with van der Waals surface area (Å²) in [7, 11) is 0. The van der Waals surface area contributed by atoms with Crippen LogP contribution in [0, 0.1) is 0 Å². The van der Waals surface area contributed by atoms with Crippen molar-refractivity contribution in [3.8, 4) is 23.0 Å². The minimum Gasteiger partial charge on any atom is -0.490 e. The predicted molar refractivity (Wildman–Crippen MR) is 143 cm³/mol. The van der Waals surface area contributed by atoms with Gasteiger partial charge in [0.25, 0.3) is 11.8 Å². The fourth-order valence-corrected chi connectivity index (χ4v) is 3.79. The van der Waals surface area contributed by atoms with E-state index in [1.807, 2.05) is 44.2 Å². The average molecular weight is 570 g/mol. The van der Waals surface area contributed by atoms with Crippen molar-refractivity contribution in [3.05, 3.63) is 81.8 Å². The van der Waals surface area contributed by atoms with Crippen molar-refractivity contribution >= 4 is 34.0 Å². The lowest BCUT2D eigenvalue weighted by molar-refractivity contribution is -0.119. The van der Waals surface area contributed by atoms with Crippen LogP contribution in [0.4, 0.5) is 0 Å². The van der Waals surface area contributed by atoms with Crippen LogP contribution in [-0.4, -0.2) is 37.8 Å². The first kappa shape index (κ1) is 27.5. The zero-order valence-electron chi connectivity index (χ0n) is 20.5. The number of nitrogens with zero attached hydrogens (tertiary/aromatic N) is 1. The molecular weight excluding hydrogens is 542 g/mol.